The number of nitrogens with zero attached hydrogens (tertiary/aromatic N) is 1. The molecule has 19 heavy (non-hydrogen) atoms. The molecule has 0 atom stereocenters. The first-order valence-electron chi connectivity index (χ1n) is 6.11. The van der Waals surface area contributed by atoms with Crippen molar-refractivity contribution in [2.75, 3.05) is 23.7 Å². The molecule has 1 rings (SSSR count). The Kier molecular flexibility index (Phi) is 5.17. The summed E-state index contributed by atoms with van der Waals surface area (Å²) in [4.78, 5) is 24.0. The number of hydrogen-bond acceptors (Lipinski definition) is 4. The summed E-state index contributed by atoms with van der Waals surface area (Å²) in [6.45, 7) is 2.55. The number of unbranched alkanes of at least 4 members (excludes halogenated alkanes) is 1. The summed E-state index contributed by atoms with van der Waals surface area (Å²) >= 11 is 0. The van der Waals surface area contributed by atoms with Crippen molar-refractivity contribution in [1.82, 2.24) is 0 Å². The van der Waals surface area contributed by atoms with Gasteiger partial charge in [-0.15, -0.1) is 0 Å². The molecule has 6 nitrogen and oxygen atoms in total. The van der Waals surface area contributed by atoms with Gasteiger partial charge in [-0.05, 0) is 24.6 Å². The molecule has 0 aliphatic heterocycles. The summed E-state index contributed by atoms with van der Waals surface area (Å²) < 4.78 is 0. The zero-order valence-corrected chi connectivity index (χ0v) is 10.9. The molecule has 0 aromatic heterocycles. The fraction of sp³-hybridized carbons (Fsp3) is 0.385. The van der Waals surface area contributed by atoms with Gasteiger partial charge in [0, 0.05) is 12.2 Å². The highest BCUT2D eigenvalue weighted by Gasteiger charge is 2.17. The molecule has 1 aromatic rings. The summed E-state index contributed by atoms with van der Waals surface area (Å²) in [5.74, 6) is -1.56. The number of carboxylic acids is 1. The number of rotatable bonds is 7. The highest BCUT2D eigenvalue weighted by molar-refractivity contribution is 5.96. The number of primary amides is 1. The van der Waals surface area contributed by atoms with Crippen molar-refractivity contribution < 1.29 is 14.7 Å². The number of carboxylic acid groups (broad SMARTS) is 1. The van der Waals surface area contributed by atoms with Gasteiger partial charge in [0.2, 0.25) is 5.91 Å². The number of carbonyl (C=O) groups excluding carboxylic acids is 1. The number of nitrogen functional groups attached to an aromatic ring is 1. The Bertz CT molecular complexity index is 474. The molecule has 0 spiro atoms. The van der Waals surface area contributed by atoms with Crippen molar-refractivity contribution in [3.63, 3.8) is 0 Å². The van der Waals surface area contributed by atoms with Crippen LogP contribution in [0.3, 0.4) is 0 Å². The molecular formula is C13H19N3O3. The van der Waals surface area contributed by atoms with Crippen LogP contribution in [0.1, 0.15) is 30.1 Å². The van der Waals surface area contributed by atoms with Crippen LogP contribution in [0.2, 0.25) is 0 Å². The van der Waals surface area contributed by atoms with E-state index >= 15 is 0 Å². The normalized spacial score (nSPS) is 10.2. The molecule has 0 heterocycles. The molecule has 0 bridgehead atoms. The van der Waals surface area contributed by atoms with Crippen LogP contribution in [-0.4, -0.2) is 30.1 Å². The summed E-state index contributed by atoms with van der Waals surface area (Å²) in [5.41, 5.74) is 11.9. The van der Waals surface area contributed by atoms with Crippen molar-refractivity contribution in [2.45, 2.75) is 19.8 Å². The molecular weight excluding hydrogens is 246 g/mol. The van der Waals surface area contributed by atoms with Gasteiger partial charge in [0.05, 0.1) is 17.8 Å². The minimum absolute atomic E-state index is 0.0241. The molecule has 5 N–H and O–H groups in total. The lowest BCUT2D eigenvalue weighted by atomic mass is 10.1. The van der Waals surface area contributed by atoms with Crippen LogP contribution >= 0.6 is 0 Å². The smallest absolute Gasteiger partial charge is 0.337 e. The topological polar surface area (TPSA) is 110 Å². The summed E-state index contributed by atoms with van der Waals surface area (Å²) in [6.07, 6.45) is 1.77. The maximum Gasteiger partial charge on any atom is 0.337 e. The third kappa shape index (κ3) is 4.17. The van der Waals surface area contributed by atoms with E-state index in [9.17, 15) is 14.7 Å². The Morgan fingerprint density at radius 1 is 1.37 bits per heavy atom. The average Bonchev–Trinajstić information content (AvgIpc) is 2.33. The van der Waals surface area contributed by atoms with E-state index < -0.39 is 11.9 Å². The number of amides is 1. The Labute approximate surface area is 112 Å². The monoisotopic (exact) mass is 265 g/mol. The lowest BCUT2D eigenvalue weighted by Crippen LogP contribution is -2.35. The molecule has 0 radical (unpaired) electrons. The van der Waals surface area contributed by atoms with Crippen molar-refractivity contribution in [1.29, 1.82) is 0 Å². The molecule has 0 aliphatic carbocycles. The zero-order valence-electron chi connectivity index (χ0n) is 10.9. The lowest BCUT2D eigenvalue weighted by molar-refractivity contribution is -0.116. The van der Waals surface area contributed by atoms with Crippen molar-refractivity contribution in [2.24, 2.45) is 5.73 Å². The first-order valence-corrected chi connectivity index (χ1v) is 6.11. The number of carbonyl (C=O) groups is 2. The summed E-state index contributed by atoms with van der Waals surface area (Å²) in [5, 5.41) is 9.18. The number of benzene rings is 1. The quantitative estimate of drug-likeness (QED) is 0.638. The van der Waals surface area contributed by atoms with Crippen LogP contribution in [-0.2, 0) is 4.79 Å². The van der Waals surface area contributed by atoms with Crippen LogP contribution in [0.25, 0.3) is 0 Å². The third-order valence-electron chi connectivity index (χ3n) is 2.72. The van der Waals surface area contributed by atoms with E-state index in [1.165, 1.54) is 12.1 Å². The molecule has 0 unspecified atom stereocenters. The number of hydrogen-bond donors (Lipinski definition) is 3. The predicted octanol–water partition coefficient (Wildman–Crippen LogP) is 1.06. The van der Waals surface area contributed by atoms with E-state index in [0.717, 1.165) is 12.8 Å². The van der Waals surface area contributed by atoms with Crippen LogP contribution in [0, 0.1) is 0 Å². The molecule has 104 valence electrons. The highest BCUT2D eigenvalue weighted by atomic mass is 16.4. The average molecular weight is 265 g/mol. The predicted molar refractivity (Wildman–Crippen MR) is 74.1 cm³/mol. The van der Waals surface area contributed by atoms with Gasteiger partial charge >= 0.3 is 5.97 Å². The zero-order chi connectivity index (χ0) is 14.4. The van der Waals surface area contributed by atoms with E-state index in [1.54, 1.807) is 11.0 Å². The molecule has 0 saturated carbocycles. The number of aromatic carboxylic acids is 1. The van der Waals surface area contributed by atoms with Crippen molar-refractivity contribution >= 4 is 23.3 Å². The second-order valence-corrected chi connectivity index (χ2v) is 4.32. The van der Waals surface area contributed by atoms with Gasteiger partial charge in [-0.2, -0.15) is 0 Å². The first kappa shape index (κ1) is 14.8. The number of anilines is 2. The Morgan fingerprint density at radius 2 is 2.05 bits per heavy atom. The van der Waals surface area contributed by atoms with E-state index in [2.05, 4.69) is 0 Å². The first-order chi connectivity index (χ1) is 8.95. The van der Waals surface area contributed by atoms with Gasteiger partial charge < -0.3 is 21.5 Å². The SMILES string of the molecule is CCCCN(CC(N)=O)c1cc(N)ccc1C(=O)O. The molecule has 0 aliphatic rings. The van der Waals surface area contributed by atoms with Gasteiger partial charge in [-0.1, -0.05) is 13.3 Å². The largest absolute Gasteiger partial charge is 0.478 e. The molecule has 1 amide bonds. The fourth-order valence-corrected chi connectivity index (χ4v) is 1.81. The van der Waals surface area contributed by atoms with E-state index in [4.69, 9.17) is 11.5 Å². The van der Waals surface area contributed by atoms with Gasteiger partial charge in [0.15, 0.2) is 0 Å². The van der Waals surface area contributed by atoms with E-state index in [1.807, 2.05) is 6.92 Å². The summed E-state index contributed by atoms with van der Waals surface area (Å²) in [6, 6.07) is 4.52. The van der Waals surface area contributed by atoms with Gasteiger partial charge in [-0.25, -0.2) is 4.79 Å². The molecule has 0 saturated heterocycles. The highest BCUT2D eigenvalue weighted by Crippen LogP contribution is 2.24. The number of nitrogens with two attached hydrogens (primary N) is 2. The maximum absolute atomic E-state index is 11.2. The van der Waals surface area contributed by atoms with E-state index in [0.29, 0.717) is 17.9 Å². The van der Waals surface area contributed by atoms with Crippen molar-refractivity contribution in [3.8, 4) is 0 Å². The van der Waals surface area contributed by atoms with Crippen LogP contribution in [0.15, 0.2) is 18.2 Å². The summed E-state index contributed by atoms with van der Waals surface area (Å²) in [7, 11) is 0. The fourth-order valence-electron chi connectivity index (χ4n) is 1.81. The maximum atomic E-state index is 11.2. The van der Waals surface area contributed by atoms with Gasteiger partial charge in [0.25, 0.3) is 0 Å². The Hall–Kier alpha value is -2.24. The van der Waals surface area contributed by atoms with Crippen LogP contribution in [0.5, 0.6) is 0 Å². The van der Waals surface area contributed by atoms with Crippen molar-refractivity contribution in [3.05, 3.63) is 23.8 Å². The van der Waals surface area contributed by atoms with Crippen LogP contribution in [0.4, 0.5) is 11.4 Å². The minimum Gasteiger partial charge on any atom is -0.478 e. The van der Waals surface area contributed by atoms with Gasteiger partial charge in [-0.3, -0.25) is 4.79 Å². The van der Waals surface area contributed by atoms with Gasteiger partial charge in [0.1, 0.15) is 0 Å². The van der Waals surface area contributed by atoms with E-state index in [-0.39, 0.29) is 12.1 Å². The lowest BCUT2D eigenvalue weighted by Gasteiger charge is -2.25. The third-order valence-corrected chi connectivity index (χ3v) is 2.72. The molecule has 6 heteroatoms. The second-order valence-electron chi connectivity index (χ2n) is 4.32. The standard InChI is InChI=1S/C13H19N3O3/c1-2-3-6-16(8-12(15)17)11-7-9(14)4-5-10(11)13(18)19/h4-5,7H,2-3,6,8,14H2,1H3,(H2,15,17)(H,18,19). The van der Waals surface area contributed by atoms with Crippen LogP contribution < -0.4 is 16.4 Å². The Balaban J connectivity index is 3.14. The molecule has 0 fully saturated rings. The molecule has 1 aromatic carbocycles. The Morgan fingerprint density at radius 3 is 2.58 bits per heavy atom. The second kappa shape index (κ2) is 6.63. The minimum atomic E-state index is -1.05.